The van der Waals surface area contributed by atoms with Gasteiger partial charge >= 0.3 is 0 Å². The van der Waals surface area contributed by atoms with Gasteiger partial charge in [0.15, 0.2) is 0 Å². The first-order valence-electron chi connectivity index (χ1n) is 2.80. The van der Waals surface area contributed by atoms with E-state index in [0.29, 0.717) is 0 Å². The molecule has 0 aliphatic rings. The number of aryl methyl sites for hydroxylation is 1. The predicted octanol–water partition coefficient (Wildman–Crippen LogP) is 0.827. The highest BCUT2D eigenvalue weighted by Gasteiger charge is 1.87. The highest BCUT2D eigenvalue weighted by Crippen LogP contribution is 2.00. The Morgan fingerprint density at radius 2 is 2.33 bits per heavy atom. The summed E-state index contributed by atoms with van der Waals surface area (Å²) in [6, 6.07) is 1.94. The molecule has 3 nitrogen and oxygen atoms in total. The Hall–Kier alpha value is -1.12. The summed E-state index contributed by atoms with van der Waals surface area (Å²) in [7, 11) is 1.82. The highest BCUT2D eigenvalue weighted by atomic mass is 15.2. The lowest BCUT2D eigenvalue weighted by molar-refractivity contribution is 1.02. The molecule has 1 aromatic heterocycles. The van der Waals surface area contributed by atoms with Crippen LogP contribution < -0.4 is 5.32 Å². The van der Waals surface area contributed by atoms with Crippen LogP contribution in [0.2, 0.25) is 0 Å². The van der Waals surface area contributed by atoms with Gasteiger partial charge in [-0.2, -0.15) is 5.10 Å². The van der Waals surface area contributed by atoms with Crippen molar-refractivity contribution in [1.82, 2.24) is 10.2 Å². The third-order valence-corrected chi connectivity index (χ3v) is 1.05. The van der Waals surface area contributed by atoms with Gasteiger partial charge in [-0.1, -0.05) is 0 Å². The molecule has 0 unspecified atom stereocenters. The Bertz CT molecular complexity index is 197. The third-order valence-electron chi connectivity index (χ3n) is 1.05. The molecular formula is C6H9N3. The van der Waals surface area contributed by atoms with Crippen molar-refractivity contribution in [2.45, 2.75) is 6.92 Å². The number of nitrogens with one attached hydrogen (secondary N) is 1. The molecule has 0 saturated carbocycles. The minimum Gasteiger partial charge on any atom is -0.372 e. The molecule has 48 valence electrons. The number of aromatic nitrogens is 2. The van der Waals surface area contributed by atoms with E-state index in [1.165, 1.54) is 0 Å². The van der Waals surface area contributed by atoms with Crippen LogP contribution in [0.15, 0.2) is 12.3 Å². The topological polar surface area (TPSA) is 37.8 Å². The molecule has 1 heterocycles. The maximum Gasteiger partial charge on any atom is 0.148 e. The van der Waals surface area contributed by atoms with Gasteiger partial charge < -0.3 is 5.32 Å². The molecular weight excluding hydrogens is 114 g/mol. The van der Waals surface area contributed by atoms with E-state index in [2.05, 4.69) is 15.5 Å². The van der Waals surface area contributed by atoms with Gasteiger partial charge in [0, 0.05) is 7.05 Å². The largest absolute Gasteiger partial charge is 0.372 e. The second-order valence-electron chi connectivity index (χ2n) is 1.87. The maximum atomic E-state index is 3.80. The molecule has 0 aliphatic carbocycles. The van der Waals surface area contributed by atoms with Crippen LogP contribution in [-0.2, 0) is 0 Å². The van der Waals surface area contributed by atoms with Crippen molar-refractivity contribution in [2.75, 3.05) is 12.4 Å². The van der Waals surface area contributed by atoms with Crippen molar-refractivity contribution >= 4 is 5.82 Å². The van der Waals surface area contributed by atoms with E-state index in [1.54, 1.807) is 6.20 Å². The average molecular weight is 123 g/mol. The van der Waals surface area contributed by atoms with E-state index < -0.39 is 0 Å². The molecule has 0 spiro atoms. The quantitative estimate of drug-likeness (QED) is 0.601. The maximum absolute atomic E-state index is 3.80. The zero-order chi connectivity index (χ0) is 6.69. The fraction of sp³-hybridized carbons (Fsp3) is 0.333. The Labute approximate surface area is 54.1 Å². The van der Waals surface area contributed by atoms with Gasteiger partial charge in [-0.3, -0.25) is 0 Å². The second-order valence-corrected chi connectivity index (χ2v) is 1.87. The van der Waals surface area contributed by atoms with Gasteiger partial charge in [0.1, 0.15) is 5.82 Å². The summed E-state index contributed by atoms with van der Waals surface area (Å²) in [5.41, 5.74) is 1.12. The molecule has 0 aromatic carbocycles. The summed E-state index contributed by atoms with van der Waals surface area (Å²) in [5, 5.41) is 10.4. The van der Waals surface area contributed by atoms with Gasteiger partial charge in [0.25, 0.3) is 0 Å². The fourth-order valence-electron chi connectivity index (χ4n) is 0.586. The molecule has 3 heteroatoms. The molecule has 0 aliphatic heterocycles. The Kier molecular flexibility index (Phi) is 1.63. The summed E-state index contributed by atoms with van der Waals surface area (Å²) >= 11 is 0. The smallest absolute Gasteiger partial charge is 0.148 e. The molecule has 0 fully saturated rings. The molecule has 0 bridgehead atoms. The highest BCUT2D eigenvalue weighted by molar-refractivity contribution is 5.33. The van der Waals surface area contributed by atoms with Crippen LogP contribution in [0, 0.1) is 6.92 Å². The van der Waals surface area contributed by atoms with Gasteiger partial charge in [-0.25, -0.2) is 0 Å². The first kappa shape index (κ1) is 6.01. The van der Waals surface area contributed by atoms with Crippen LogP contribution >= 0.6 is 0 Å². The minimum absolute atomic E-state index is 0.815. The van der Waals surface area contributed by atoms with Crippen LogP contribution in [0.25, 0.3) is 0 Å². The lowest BCUT2D eigenvalue weighted by atomic mass is 10.3. The minimum atomic E-state index is 0.815. The van der Waals surface area contributed by atoms with Crippen LogP contribution in [0.4, 0.5) is 5.82 Å². The van der Waals surface area contributed by atoms with Gasteiger partial charge in [0.2, 0.25) is 0 Å². The Morgan fingerprint density at radius 1 is 1.56 bits per heavy atom. The third kappa shape index (κ3) is 1.38. The monoisotopic (exact) mass is 123 g/mol. The number of nitrogens with zero attached hydrogens (tertiary/aromatic N) is 2. The molecule has 9 heavy (non-hydrogen) atoms. The van der Waals surface area contributed by atoms with Crippen molar-refractivity contribution in [3.05, 3.63) is 17.8 Å². The van der Waals surface area contributed by atoms with Crippen molar-refractivity contribution in [1.29, 1.82) is 0 Å². The molecule has 1 N–H and O–H groups in total. The van der Waals surface area contributed by atoms with Crippen molar-refractivity contribution in [3.8, 4) is 0 Å². The predicted molar refractivity (Wildman–Crippen MR) is 36.3 cm³/mol. The Morgan fingerprint density at radius 3 is 2.78 bits per heavy atom. The summed E-state index contributed by atoms with van der Waals surface area (Å²) < 4.78 is 0. The molecule has 0 amide bonds. The molecule has 1 rings (SSSR count). The number of anilines is 1. The van der Waals surface area contributed by atoms with Gasteiger partial charge in [-0.15, -0.1) is 5.10 Å². The lowest BCUT2D eigenvalue weighted by Crippen LogP contribution is -1.93. The van der Waals surface area contributed by atoms with E-state index in [9.17, 15) is 0 Å². The molecule has 0 atom stereocenters. The first-order valence-corrected chi connectivity index (χ1v) is 2.80. The van der Waals surface area contributed by atoms with E-state index in [0.717, 1.165) is 11.4 Å². The fourth-order valence-corrected chi connectivity index (χ4v) is 0.586. The van der Waals surface area contributed by atoms with E-state index in [1.807, 2.05) is 20.0 Å². The second kappa shape index (κ2) is 2.44. The van der Waals surface area contributed by atoms with Crippen LogP contribution in [0.5, 0.6) is 0 Å². The number of hydrogen-bond acceptors (Lipinski definition) is 3. The van der Waals surface area contributed by atoms with E-state index in [4.69, 9.17) is 0 Å². The van der Waals surface area contributed by atoms with E-state index in [-0.39, 0.29) is 0 Å². The summed E-state index contributed by atoms with van der Waals surface area (Å²) in [6.45, 7) is 1.98. The zero-order valence-corrected chi connectivity index (χ0v) is 5.55. The number of hydrogen-bond donors (Lipinski definition) is 1. The van der Waals surface area contributed by atoms with Gasteiger partial charge in [0.05, 0.1) is 6.20 Å². The molecule has 1 aromatic rings. The van der Waals surface area contributed by atoms with Gasteiger partial charge in [-0.05, 0) is 18.6 Å². The Balaban J connectivity index is 2.94. The first-order chi connectivity index (χ1) is 4.33. The number of rotatable bonds is 1. The molecule has 0 saturated heterocycles. The molecule has 0 radical (unpaired) electrons. The lowest BCUT2D eigenvalue weighted by Gasteiger charge is -1.95. The van der Waals surface area contributed by atoms with Crippen molar-refractivity contribution < 1.29 is 0 Å². The summed E-state index contributed by atoms with van der Waals surface area (Å²) in [4.78, 5) is 0. The summed E-state index contributed by atoms with van der Waals surface area (Å²) in [5.74, 6) is 0.815. The van der Waals surface area contributed by atoms with Crippen LogP contribution in [0.3, 0.4) is 0 Å². The van der Waals surface area contributed by atoms with E-state index >= 15 is 0 Å². The van der Waals surface area contributed by atoms with Crippen molar-refractivity contribution in [3.63, 3.8) is 0 Å². The summed E-state index contributed by atoms with van der Waals surface area (Å²) in [6.07, 6.45) is 1.72. The normalized spacial score (nSPS) is 9.11. The SMILES string of the molecule is CNc1cc(C)cnn1. The van der Waals surface area contributed by atoms with Crippen LogP contribution in [0.1, 0.15) is 5.56 Å². The van der Waals surface area contributed by atoms with Crippen molar-refractivity contribution in [2.24, 2.45) is 0 Å². The standard InChI is InChI=1S/C6H9N3/c1-5-3-6(7-2)9-8-4-5/h3-4H,1-2H3,(H,7,9). The average Bonchev–Trinajstić information content (AvgIpc) is 1.88. The zero-order valence-electron chi connectivity index (χ0n) is 5.55. The van der Waals surface area contributed by atoms with Crippen LogP contribution in [-0.4, -0.2) is 17.2 Å².